The average Bonchev–Trinajstić information content (AvgIpc) is 2.40. The van der Waals surface area contributed by atoms with E-state index in [1.165, 1.54) is 0 Å². The number of methoxy groups -OCH3 is 1. The summed E-state index contributed by atoms with van der Waals surface area (Å²) in [6.07, 6.45) is 1.37. The van der Waals surface area contributed by atoms with Crippen molar-refractivity contribution in [3.05, 3.63) is 21.1 Å². The Bertz CT molecular complexity index is 491. The van der Waals surface area contributed by atoms with Crippen LogP contribution in [0.4, 0.5) is 5.69 Å². The van der Waals surface area contributed by atoms with Crippen LogP contribution in [0.15, 0.2) is 21.1 Å². The van der Waals surface area contributed by atoms with E-state index in [2.05, 4.69) is 51.0 Å². The van der Waals surface area contributed by atoms with E-state index in [0.29, 0.717) is 12.1 Å². The van der Waals surface area contributed by atoms with Crippen molar-refractivity contribution in [3.8, 4) is 5.75 Å². The van der Waals surface area contributed by atoms with Gasteiger partial charge in [0, 0.05) is 28.6 Å². The largest absolute Gasteiger partial charge is 0.495 e. The maximum Gasteiger partial charge on any atom is 0.135 e. The molecule has 0 heterocycles. The third kappa shape index (κ3) is 3.00. The number of ether oxygens (including phenoxy) is 2. The van der Waals surface area contributed by atoms with Crippen molar-refractivity contribution in [2.45, 2.75) is 39.3 Å². The van der Waals surface area contributed by atoms with Gasteiger partial charge in [0.15, 0.2) is 0 Å². The highest BCUT2D eigenvalue weighted by atomic mass is 79.9. The minimum Gasteiger partial charge on any atom is -0.495 e. The molecule has 1 aromatic rings. The molecule has 2 atom stereocenters. The normalized spacial score (nSPS) is 24.1. The van der Waals surface area contributed by atoms with Crippen molar-refractivity contribution in [2.75, 3.05) is 19.0 Å². The Morgan fingerprint density at radius 1 is 1.30 bits per heavy atom. The molecule has 1 fully saturated rings. The molecule has 1 aliphatic rings. The molecule has 3 nitrogen and oxygen atoms in total. The number of hydrogen-bond donors (Lipinski definition) is 1. The monoisotopic (exact) mass is 405 g/mol. The highest BCUT2D eigenvalue weighted by molar-refractivity contribution is 9.11. The van der Waals surface area contributed by atoms with Crippen molar-refractivity contribution >= 4 is 37.5 Å². The van der Waals surface area contributed by atoms with Crippen LogP contribution >= 0.6 is 31.9 Å². The lowest BCUT2D eigenvalue weighted by Crippen LogP contribution is -2.58. The predicted molar refractivity (Wildman–Crippen MR) is 89.6 cm³/mol. The van der Waals surface area contributed by atoms with Gasteiger partial charge in [0.25, 0.3) is 0 Å². The lowest BCUT2D eigenvalue weighted by molar-refractivity contribution is -0.0976. The van der Waals surface area contributed by atoms with E-state index >= 15 is 0 Å². The fourth-order valence-electron chi connectivity index (χ4n) is 2.60. The van der Waals surface area contributed by atoms with Gasteiger partial charge in [-0.15, -0.1) is 0 Å². The highest BCUT2D eigenvalue weighted by Crippen LogP contribution is 2.45. The molecule has 0 aromatic heterocycles. The Morgan fingerprint density at radius 2 is 2.00 bits per heavy atom. The van der Waals surface area contributed by atoms with Crippen molar-refractivity contribution in [2.24, 2.45) is 5.41 Å². The summed E-state index contributed by atoms with van der Waals surface area (Å²) in [5.74, 6) is 0.828. The molecule has 2 rings (SSSR count). The van der Waals surface area contributed by atoms with Gasteiger partial charge in [-0.2, -0.15) is 0 Å². The van der Waals surface area contributed by atoms with Gasteiger partial charge in [-0.25, -0.2) is 0 Å². The Balaban J connectivity index is 2.12. The summed E-state index contributed by atoms with van der Waals surface area (Å²) >= 11 is 7.08. The van der Waals surface area contributed by atoms with Gasteiger partial charge in [-0.05, 0) is 51.3 Å². The molecule has 5 heteroatoms. The second kappa shape index (κ2) is 6.24. The van der Waals surface area contributed by atoms with E-state index in [9.17, 15) is 0 Å². The molecule has 0 spiro atoms. The predicted octanol–water partition coefficient (Wildman–Crippen LogP) is 4.84. The van der Waals surface area contributed by atoms with Gasteiger partial charge in [0.2, 0.25) is 0 Å². The number of hydrogen-bond acceptors (Lipinski definition) is 3. The Kier molecular flexibility index (Phi) is 5.03. The summed E-state index contributed by atoms with van der Waals surface area (Å²) in [4.78, 5) is 0. The third-order valence-corrected chi connectivity index (χ3v) is 5.39. The first kappa shape index (κ1) is 16.1. The lowest BCUT2D eigenvalue weighted by atomic mass is 9.64. The zero-order chi connectivity index (χ0) is 14.9. The summed E-state index contributed by atoms with van der Waals surface area (Å²) in [7, 11) is 1.68. The van der Waals surface area contributed by atoms with Crippen molar-refractivity contribution in [1.82, 2.24) is 0 Å². The molecule has 0 amide bonds. The molecule has 0 radical (unpaired) electrons. The van der Waals surface area contributed by atoms with Crippen LogP contribution in [0.1, 0.15) is 27.2 Å². The second-order valence-electron chi connectivity index (χ2n) is 5.66. The van der Waals surface area contributed by atoms with Gasteiger partial charge in [-0.1, -0.05) is 13.8 Å². The molecule has 20 heavy (non-hydrogen) atoms. The van der Waals surface area contributed by atoms with Crippen LogP contribution in [-0.4, -0.2) is 25.9 Å². The molecule has 1 aromatic carbocycles. The summed E-state index contributed by atoms with van der Waals surface area (Å²) < 4.78 is 13.1. The average molecular weight is 407 g/mol. The zero-order valence-electron chi connectivity index (χ0n) is 12.3. The summed E-state index contributed by atoms with van der Waals surface area (Å²) in [6, 6.07) is 4.42. The molecule has 112 valence electrons. The Morgan fingerprint density at radius 3 is 2.55 bits per heavy atom. The second-order valence-corrected chi connectivity index (χ2v) is 7.37. The highest BCUT2D eigenvalue weighted by Gasteiger charge is 2.49. The van der Waals surface area contributed by atoms with Crippen LogP contribution in [-0.2, 0) is 4.74 Å². The molecule has 0 bridgehead atoms. The van der Waals surface area contributed by atoms with E-state index in [-0.39, 0.29) is 5.41 Å². The van der Waals surface area contributed by atoms with Gasteiger partial charge in [0.05, 0.1) is 23.4 Å². The van der Waals surface area contributed by atoms with Gasteiger partial charge < -0.3 is 14.8 Å². The molecule has 2 unspecified atom stereocenters. The lowest BCUT2D eigenvalue weighted by Gasteiger charge is -2.52. The van der Waals surface area contributed by atoms with Crippen LogP contribution in [0.3, 0.4) is 0 Å². The smallest absolute Gasteiger partial charge is 0.135 e. The van der Waals surface area contributed by atoms with Crippen LogP contribution in [0.25, 0.3) is 0 Å². The van der Waals surface area contributed by atoms with Crippen LogP contribution in [0, 0.1) is 5.41 Å². The summed E-state index contributed by atoms with van der Waals surface area (Å²) in [6.45, 7) is 7.32. The SMILES string of the molecule is CCOC1CC(Nc2cc(OC)c(Br)cc2Br)C1(C)C. The Labute approximate surface area is 137 Å². The van der Waals surface area contributed by atoms with Gasteiger partial charge >= 0.3 is 0 Å². The summed E-state index contributed by atoms with van der Waals surface area (Å²) in [5, 5.41) is 3.60. The minimum atomic E-state index is 0.135. The van der Waals surface area contributed by atoms with E-state index in [1.807, 2.05) is 19.1 Å². The number of anilines is 1. The van der Waals surface area contributed by atoms with Crippen LogP contribution in [0.2, 0.25) is 0 Å². The third-order valence-electron chi connectivity index (χ3n) is 4.12. The molecule has 0 aliphatic heterocycles. The van der Waals surface area contributed by atoms with E-state index in [1.54, 1.807) is 7.11 Å². The van der Waals surface area contributed by atoms with Crippen molar-refractivity contribution in [3.63, 3.8) is 0 Å². The molecule has 1 saturated carbocycles. The van der Waals surface area contributed by atoms with Crippen LogP contribution < -0.4 is 10.1 Å². The summed E-state index contributed by atoms with van der Waals surface area (Å²) in [5.41, 5.74) is 1.19. The number of halogens is 2. The maximum atomic E-state index is 5.77. The Hall–Kier alpha value is -0.260. The number of benzene rings is 1. The molecule has 1 aliphatic carbocycles. The molecular weight excluding hydrogens is 386 g/mol. The maximum absolute atomic E-state index is 5.77. The topological polar surface area (TPSA) is 30.5 Å². The fourth-order valence-corrected chi connectivity index (χ4v) is 3.87. The first-order valence-corrected chi connectivity index (χ1v) is 8.40. The standard InChI is InChI=1S/C15H21Br2NO2/c1-5-20-14-8-13(15(14,2)3)18-11-7-12(19-4)10(17)6-9(11)16/h6-7,13-14,18H,5,8H2,1-4H3. The van der Waals surface area contributed by atoms with Crippen molar-refractivity contribution < 1.29 is 9.47 Å². The van der Waals surface area contributed by atoms with Crippen molar-refractivity contribution in [1.29, 1.82) is 0 Å². The van der Waals surface area contributed by atoms with E-state index in [0.717, 1.165) is 33.4 Å². The molecule has 0 saturated heterocycles. The zero-order valence-corrected chi connectivity index (χ0v) is 15.5. The van der Waals surface area contributed by atoms with Gasteiger partial charge in [0.1, 0.15) is 5.75 Å². The first-order valence-electron chi connectivity index (χ1n) is 6.81. The van der Waals surface area contributed by atoms with Gasteiger partial charge in [-0.3, -0.25) is 0 Å². The van der Waals surface area contributed by atoms with Crippen LogP contribution in [0.5, 0.6) is 5.75 Å². The van der Waals surface area contributed by atoms with E-state index < -0.39 is 0 Å². The molecule has 1 N–H and O–H groups in total. The quantitative estimate of drug-likeness (QED) is 0.759. The molecular formula is C15H21Br2NO2. The number of rotatable bonds is 5. The minimum absolute atomic E-state index is 0.135. The fraction of sp³-hybridized carbons (Fsp3) is 0.600. The first-order chi connectivity index (χ1) is 9.40. The number of nitrogens with one attached hydrogen (secondary N) is 1. The van der Waals surface area contributed by atoms with E-state index in [4.69, 9.17) is 9.47 Å².